The number of hydrogen-bond donors (Lipinski definition) is 1. The van der Waals surface area contributed by atoms with E-state index in [9.17, 15) is 4.79 Å². The minimum Gasteiger partial charge on any atom is -0.368 e. The van der Waals surface area contributed by atoms with Gasteiger partial charge in [-0.2, -0.15) is 0 Å². The standard InChI is InChI=1S/C11H11Cl2N3O/c1-6(11(14)17)16-9-4-7(13)2-3-8(9)15-10(16)5-12/h2-4,6H,5H2,1H3,(H2,14,17). The molecule has 17 heavy (non-hydrogen) atoms. The molecule has 1 amide bonds. The van der Waals surface area contributed by atoms with Crippen molar-refractivity contribution in [2.75, 3.05) is 0 Å². The number of carbonyl (C=O) groups is 1. The lowest BCUT2D eigenvalue weighted by Crippen LogP contribution is -2.25. The first-order chi connectivity index (χ1) is 8.04. The number of carbonyl (C=O) groups excluding carboxylic acids is 1. The molecule has 1 heterocycles. The Balaban J connectivity index is 2.72. The Labute approximate surface area is 108 Å². The number of nitrogens with zero attached hydrogens (tertiary/aromatic N) is 2. The van der Waals surface area contributed by atoms with Crippen LogP contribution in [0.25, 0.3) is 11.0 Å². The molecule has 4 nitrogen and oxygen atoms in total. The van der Waals surface area contributed by atoms with E-state index in [4.69, 9.17) is 28.9 Å². The van der Waals surface area contributed by atoms with Crippen molar-refractivity contribution in [3.63, 3.8) is 0 Å². The first-order valence-corrected chi connectivity index (χ1v) is 5.97. The van der Waals surface area contributed by atoms with Crippen molar-refractivity contribution in [2.24, 2.45) is 5.73 Å². The summed E-state index contributed by atoms with van der Waals surface area (Å²) in [5, 5.41) is 0.580. The van der Waals surface area contributed by atoms with Crippen LogP contribution in [-0.4, -0.2) is 15.5 Å². The van der Waals surface area contributed by atoms with E-state index in [1.165, 1.54) is 0 Å². The van der Waals surface area contributed by atoms with Crippen molar-refractivity contribution < 1.29 is 4.79 Å². The van der Waals surface area contributed by atoms with Crippen LogP contribution in [0, 0.1) is 0 Å². The predicted octanol–water partition coefficient (Wildman–Crippen LogP) is 2.47. The van der Waals surface area contributed by atoms with E-state index in [1.807, 2.05) is 0 Å². The van der Waals surface area contributed by atoms with E-state index in [1.54, 1.807) is 29.7 Å². The SMILES string of the molecule is CC(C(N)=O)n1c(CCl)nc2ccc(Cl)cc21. The number of imidazole rings is 1. The number of benzene rings is 1. The average Bonchev–Trinajstić information content (AvgIpc) is 2.65. The zero-order valence-electron chi connectivity index (χ0n) is 9.15. The Morgan fingerprint density at radius 2 is 2.29 bits per heavy atom. The van der Waals surface area contributed by atoms with Gasteiger partial charge in [0.05, 0.1) is 16.9 Å². The van der Waals surface area contributed by atoms with Crippen LogP contribution in [0.1, 0.15) is 18.8 Å². The molecule has 0 radical (unpaired) electrons. The molecule has 2 rings (SSSR count). The van der Waals surface area contributed by atoms with Crippen LogP contribution >= 0.6 is 23.2 Å². The summed E-state index contributed by atoms with van der Waals surface area (Å²) in [6.07, 6.45) is 0. The normalized spacial score (nSPS) is 12.9. The fourth-order valence-electron chi connectivity index (χ4n) is 1.77. The van der Waals surface area contributed by atoms with Crippen molar-refractivity contribution in [3.05, 3.63) is 29.0 Å². The summed E-state index contributed by atoms with van der Waals surface area (Å²) >= 11 is 11.8. The van der Waals surface area contributed by atoms with Crippen LogP contribution < -0.4 is 5.73 Å². The maximum Gasteiger partial charge on any atom is 0.240 e. The molecule has 0 saturated carbocycles. The molecule has 0 fully saturated rings. The van der Waals surface area contributed by atoms with E-state index in [0.717, 1.165) is 11.0 Å². The Kier molecular flexibility index (Phi) is 3.26. The second-order valence-electron chi connectivity index (χ2n) is 3.74. The quantitative estimate of drug-likeness (QED) is 0.872. The van der Waals surface area contributed by atoms with Crippen molar-refractivity contribution >= 4 is 40.1 Å². The Hall–Kier alpha value is -1.26. The lowest BCUT2D eigenvalue weighted by Gasteiger charge is -2.13. The van der Waals surface area contributed by atoms with Crippen LogP contribution in [0.5, 0.6) is 0 Å². The van der Waals surface area contributed by atoms with Gasteiger partial charge in [-0.05, 0) is 25.1 Å². The molecule has 0 saturated heterocycles. The van der Waals surface area contributed by atoms with Gasteiger partial charge in [0.25, 0.3) is 0 Å². The molecule has 1 unspecified atom stereocenters. The molecule has 1 aromatic heterocycles. The lowest BCUT2D eigenvalue weighted by atomic mass is 10.2. The van der Waals surface area contributed by atoms with Gasteiger partial charge in [0.2, 0.25) is 5.91 Å². The van der Waals surface area contributed by atoms with Crippen LogP contribution in [0.4, 0.5) is 0 Å². The molecule has 0 aliphatic carbocycles. The van der Waals surface area contributed by atoms with Gasteiger partial charge in [-0.15, -0.1) is 11.6 Å². The highest BCUT2D eigenvalue weighted by Crippen LogP contribution is 2.25. The van der Waals surface area contributed by atoms with Crippen molar-refractivity contribution in [1.82, 2.24) is 9.55 Å². The van der Waals surface area contributed by atoms with E-state index in [-0.39, 0.29) is 5.88 Å². The van der Waals surface area contributed by atoms with E-state index < -0.39 is 11.9 Å². The molecular formula is C11H11Cl2N3O. The van der Waals surface area contributed by atoms with E-state index >= 15 is 0 Å². The van der Waals surface area contributed by atoms with E-state index in [0.29, 0.717) is 10.8 Å². The first-order valence-electron chi connectivity index (χ1n) is 5.06. The number of fused-ring (bicyclic) bond motifs is 1. The van der Waals surface area contributed by atoms with Crippen molar-refractivity contribution in [3.8, 4) is 0 Å². The monoisotopic (exact) mass is 271 g/mol. The topological polar surface area (TPSA) is 60.9 Å². The number of nitrogens with two attached hydrogens (primary N) is 1. The highest BCUT2D eigenvalue weighted by molar-refractivity contribution is 6.31. The number of rotatable bonds is 3. The maximum absolute atomic E-state index is 11.3. The number of halogens is 2. The maximum atomic E-state index is 11.3. The molecule has 2 N–H and O–H groups in total. The van der Waals surface area contributed by atoms with Crippen molar-refractivity contribution in [1.29, 1.82) is 0 Å². The number of hydrogen-bond acceptors (Lipinski definition) is 2. The van der Waals surface area contributed by atoms with Gasteiger partial charge in [-0.1, -0.05) is 11.6 Å². The Bertz CT molecular complexity index is 579. The number of amides is 1. The third-order valence-corrected chi connectivity index (χ3v) is 3.12. The van der Waals surface area contributed by atoms with Gasteiger partial charge in [-0.25, -0.2) is 4.98 Å². The van der Waals surface area contributed by atoms with Gasteiger partial charge in [-0.3, -0.25) is 4.79 Å². The zero-order chi connectivity index (χ0) is 12.6. The number of alkyl halides is 1. The highest BCUT2D eigenvalue weighted by atomic mass is 35.5. The first kappa shape index (κ1) is 12.2. The van der Waals surface area contributed by atoms with Gasteiger partial charge in [0.1, 0.15) is 11.9 Å². The molecule has 1 aromatic carbocycles. The second-order valence-corrected chi connectivity index (χ2v) is 4.45. The fourth-order valence-corrected chi connectivity index (χ4v) is 2.12. The molecule has 0 spiro atoms. The Morgan fingerprint density at radius 3 is 2.88 bits per heavy atom. The van der Waals surface area contributed by atoms with Gasteiger partial charge < -0.3 is 10.3 Å². The molecule has 6 heteroatoms. The summed E-state index contributed by atoms with van der Waals surface area (Å²) in [5.74, 6) is 0.384. The van der Waals surface area contributed by atoms with Crippen LogP contribution in [0.15, 0.2) is 18.2 Å². The van der Waals surface area contributed by atoms with E-state index in [2.05, 4.69) is 4.98 Å². The third kappa shape index (κ3) is 2.10. The minimum atomic E-state index is -0.507. The lowest BCUT2D eigenvalue weighted by molar-refractivity contribution is -0.120. The average molecular weight is 272 g/mol. The van der Waals surface area contributed by atoms with Crippen LogP contribution in [-0.2, 0) is 10.7 Å². The second kappa shape index (κ2) is 4.55. The molecule has 90 valence electrons. The largest absolute Gasteiger partial charge is 0.368 e. The molecular weight excluding hydrogens is 261 g/mol. The smallest absolute Gasteiger partial charge is 0.240 e. The highest BCUT2D eigenvalue weighted by Gasteiger charge is 2.19. The summed E-state index contributed by atoms with van der Waals surface area (Å²) in [7, 11) is 0. The third-order valence-electron chi connectivity index (χ3n) is 2.64. The molecule has 1 atom stereocenters. The summed E-state index contributed by atoms with van der Waals surface area (Å²) < 4.78 is 1.72. The summed E-state index contributed by atoms with van der Waals surface area (Å²) in [6, 6.07) is 4.78. The van der Waals surface area contributed by atoms with Crippen molar-refractivity contribution in [2.45, 2.75) is 18.8 Å². The minimum absolute atomic E-state index is 0.212. The van der Waals surface area contributed by atoms with Gasteiger partial charge in [0, 0.05) is 5.02 Å². The summed E-state index contributed by atoms with van der Waals surface area (Å²) in [5.41, 5.74) is 6.83. The van der Waals surface area contributed by atoms with Crippen LogP contribution in [0.3, 0.4) is 0 Å². The van der Waals surface area contributed by atoms with Gasteiger partial charge in [0.15, 0.2) is 0 Å². The van der Waals surface area contributed by atoms with Gasteiger partial charge >= 0.3 is 0 Å². The Morgan fingerprint density at radius 1 is 1.59 bits per heavy atom. The zero-order valence-corrected chi connectivity index (χ0v) is 10.7. The molecule has 0 bridgehead atoms. The molecule has 2 aromatic rings. The fraction of sp³-hybridized carbons (Fsp3) is 0.273. The van der Waals surface area contributed by atoms with Crippen LogP contribution in [0.2, 0.25) is 5.02 Å². The number of primary amides is 1. The summed E-state index contributed by atoms with van der Waals surface area (Å²) in [4.78, 5) is 15.6. The predicted molar refractivity (Wildman–Crippen MR) is 68.2 cm³/mol. The summed E-state index contributed by atoms with van der Waals surface area (Å²) in [6.45, 7) is 1.71. The molecule has 0 aliphatic heterocycles. The number of aromatic nitrogens is 2. The molecule has 0 aliphatic rings.